The summed E-state index contributed by atoms with van der Waals surface area (Å²) in [5.41, 5.74) is 4.65. The maximum Gasteiger partial charge on any atom is 0.376 e. The fourth-order valence-corrected chi connectivity index (χ4v) is 1.29. The van der Waals surface area contributed by atoms with Crippen LogP contribution in [0.1, 0.15) is 5.82 Å². The molecule has 5 N–H and O–H groups in total. The van der Waals surface area contributed by atoms with E-state index in [1.54, 1.807) is 0 Å². The number of carboxylic acid groups (broad SMARTS) is 1. The van der Waals surface area contributed by atoms with Gasteiger partial charge in [-0.25, -0.2) is 4.98 Å². The van der Waals surface area contributed by atoms with Crippen molar-refractivity contribution in [3.63, 3.8) is 0 Å². The van der Waals surface area contributed by atoms with E-state index in [-0.39, 0.29) is 12.2 Å². The molecule has 0 unspecified atom stereocenters. The molecule has 0 aliphatic heterocycles. The number of rotatable bonds is 4. The first-order valence-electron chi connectivity index (χ1n) is 4.04. The third-order valence-electron chi connectivity index (χ3n) is 1.61. The second-order valence-electron chi connectivity index (χ2n) is 2.92. The maximum absolute atomic E-state index is 10.8. The number of hydrogen-bond acceptors (Lipinski definition) is 6. The van der Waals surface area contributed by atoms with E-state index in [1.165, 1.54) is 0 Å². The summed E-state index contributed by atoms with van der Waals surface area (Å²) < 4.78 is 10.8. The Hall–Kier alpha value is -1.41. The van der Waals surface area contributed by atoms with Crippen LogP contribution >= 0.6 is 7.60 Å². The van der Waals surface area contributed by atoms with Crippen LogP contribution in [0.3, 0.4) is 0 Å². The monoisotopic (exact) mass is 248 g/mol. The third-order valence-corrected chi connectivity index (χ3v) is 2.42. The van der Waals surface area contributed by atoms with Crippen LogP contribution in [-0.4, -0.2) is 42.1 Å². The Labute approximate surface area is 89.5 Å². The first kappa shape index (κ1) is 12.7. The Morgan fingerprint density at radius 3 is 2.69 bits per heavy atom. The van der Waals surface area contributed by atoms with E-state index in [1.807, 2.05) is 0 Å². The van der Waals surface area contributed by atoms with Crippen molar-refractivity contribution < 1.29 is 24.3 Å². The molecule has 0 spiro atoms. The lowest BCUT2D eigenvalue weighted by molar-refractivity contribution is -0.138. The molecule has 0 aromatic carbocycles. The van der Waals surface area contributed by atoms with Crippen LogP contribution in [0.15, 0.2) is 6.20 Å². The predicted molar refractivity (Wildman–Crippen MR) is 50.8 cm³/mol. The van der Waals surface area contributed by atoms with E-state index in [0.717, 1.165) is 6.20 Å². The van der Waals surface area contributed by atoms with Gasteiger partial charge in [0.15, 0.2) is 11.3 Å². The topological polar surface area (TPSA) is 160 Å². The summed E-state index contributed by atoms with van der Waals surface area (Å²) in [6.07, 6.45) is 0.562. The second kappa shape index (κ2) is 4.62. The van der Waals surface area contributed by atoms with E-state index >= 15 is 0 Å². The molecular formula is C6H9N4O5P. The molecule has 0 bridgehead atoms. The Morgan fingerprint density at radius 2 is 2.19 bits per heavy atom. The fraction of sp³-hybridized carbons (Fsp3) is 0.333. The van der Waals surface area contributed by atoms with Gasteiger partial charge in [-0.2, -0.15) is 5.10 Å². The van der Waals surface area contributed by atoms with Gasteiger partial charge in [0, 0.05) is 6.42 Å². The van der Waals surface area contributed by atoms with Gasteiger partial charge in [-0.3, -0.25) is 9.36 Å². The van der Waals surface area contributed by atoms with Crippen molar-refractivity contribution in [3.8, 4) is 0 Å². The zero-order chi connectivity index (χ0) is 12.3. The van der Waals surface area contributed by atoms with Gasteiger partial charge in [-0.1, -0.05) is 0 Å². The standard InChI is InChI=1S/C6H9N4O5P/c7-3(6(11)12)1-4-9-5(2-8-10-4)16(13,14)15/h2-3H,1,7H2,(H,11,12)(H2,13,14,15)/t3-/m0/s1. The smallest absolute Gasteiger partial charge is 0.376 e. The number of carboxylic acids is 1. The number of aromatic nitrogens is 3. The molecule has 0 amide bonds. The highest BCUT2D eigenvalue weighted by Gasteiger charge is 2.22. The van der Waals surface area contributed by atoms with Crippen molar-refractivity contribution in [2.75, 3.05) is 0 Å². The Morgan fingerprint density at radius 1 is 1.56 bits per heavy atom. The van der Waals surface area contributed by atoms with Gasteiger partial charge in [0.1, 0.15) is 6.04 Å². The van der Waals surface area contributed by atoms with Crippen LogP contribution < -0.4 is 11.2 Å². The van der Waals surface area contributed by atoms with Crippen LogP contribution in [0.4, 0.5) is 0 Å². The zero-order valence-corrected chi connectivity index (χ0v) is 8.78. The Kier molecular flexibility index (Phi) is 3.66. The normalized spacial score (nSPS) is 13.4. The first-order chi connectivity index (χ1) is 7.30. The van der Waals surface area contributed by atoms with Gasteiger partial charge in [0.05, 0.1) is 6.20 Å². The number of hydrogen-bond donors (Lipinski definition) is 4. The summed E-state index contributed by atoms with van der Waals surface area (Å²) in [5, 5.41) is 15.3. The summed E-state index contributed by atoms with van der Waals surface area (Å²) in [7, 11) is -4.51. The summed E-state index contributed by atoms with van der Waals surface area (Å²) in [6, 6.07) is -1.24. The lowest BCUT2D eigenvalue weighted by atomic mass is 10.2. The quantitative estimate of drug-likeness (QED) is 0.427. The number of nitrogens with two attached hydrogens (primary N) is 1. The van der Waals surface area contributed by atoms with E-state index in [9.17, 15) is 9.36 Å². The molecule has 1 aromatic rings. The third kappa shape index (κ3) is 3.31. The number of nitrogens with zero attached hydrogens (tertiary/aromatic N) is 3. The Bertz CT molecular complexity index is 446. The van der Waals surface area contributed by atoms with Gasteiger partial charge < -0.3 is 20.6 Å². The minimum Gasteiger partial charge on any atom is -0.480 e. The molecule has 88 valence electrons. The first-order valence-corrected chi connectivity index (χ1v) is 5.65. The largest absolute Gasteiger partial charge is 0.480 e. The summed E-state index contributed by atoms with van der Waals surface area (Å²) >= 11 is 0. The second-order valence-corrected chi connectivity index (χ2v) is 4.47. The lowest BCUT2D eigenvalue weighted by Gasteiger charge is -2.06. The number of aliphatic carboxylic acids is 1. The van der Waals surface area contributed by atoms with Crippen LogP contribution in [0.2, 0.25) is 0 Å². The molecule has 1 heterocycles. The molecule has 16 heavy (non-hydrogen) atoms. The molecule has 10 heteroatoms. The van der Waals surface area contributed by atoms with Crippen molar-refractivity contribution >= 4 is 19.0 Å². The summed E-state index contributed by atoms with van der Waals surface area (Å²) in [5.74, 6) is -1.39. The molecule has 1 aromatic heterocycles. The van der Waals surface area contributed by atoms with Crippen molar-refractivity contribution in [1.82, 2.24) is 15.2 Å². The molecule has 0 radical (unpaired) electrons. The SMILES string of the molecule is N[C@@H](Cc1nncc(P(=O)(O)O)n1)C(=O)O. The van der Waals surface area contributed by atoms with Gasteiger partial charge in [0.2, 0.25) is 0 Å². The van der Waals surface area contributed by atoms with Crippen LogP contribution in [0.5, 0.6) is 0 Å². The van der Waals surface area contributed by atoms with Crippen molar-refractivity contribution in [3.05, 3.63) is 12.0 Å². The molecule has 9 nitrogen and oxygen atoms in total. The average Bonchev–Trinajstić information content (AvgIpc) is 2.16. The maximum atomic E-state index is 10.8. The summed E-state index contributed by atoms with van der Waals surface area (Å²) in [4.78, 5) is 31.5. The molecule has 0 fully saturated rings. The molecule has 0 saturated carbocycles. The molecule has 0 saturated heterocycles. The fourth-order valence-electron chi connectivity index (χ4n) is 0.841. The van der Waals surface area contributed by atoms with Crippen molar-refractivity contribution in [1.29, 1.82) is 0 Å². The van der Waals surface area contributed by atoms with E-state index in [4.69, 9.17) is 20.6 Å². The minimum absolute atomic E-state index is 0.129. The van der Waals surface area contributed by atoms with E-state index in [0.29, 0.717) is 0 Å². The van der Waals surface area contributed by atoms with E-state index in [2.05, 4.69) is 15.2 Å². The van der Waals surface area contributed by atoms with E-state index < -0.39 is 25.0 Å². The highest BCUT2D eigenvalue weighted by atomic mass is 31.2. The van der Waals surface area contributed by atoms with Crippen molar-refractivity contribution in [2.45, 2.75) is 12.5 Å². The van der Waals surface area contributed by atoms with Crippen LogP contribution in [-0.2, 0) is 15.8 Å². The molecule has 0 aliphatic carbocycles. The Balaban J connectivity index is 2.92. The summed E-state index contributed by atoms with van der Waals surface area (Å²) in [6.45, 7) is 0. The molecular weight excluding hydrogens is 239 g/mol. The van der Waals surface area contributed by atoms with Crippen LogP contribution in [0, 0.1) is 0 Å². The molecule has 1 atom stereocenters. The van der Waals surface area contributed by atoms with Gasteiger partial charge in [-0.15, -0.1) is 5.10 Å². The average molecular weight is 248 g/mol. The predicted octanol–water partition coefficient (Wildman–Crippen LogP) is -2.37. The molecule has 0 aliphatic rings. The van der Waals surface area contributed by atoms with Crippen molar-refractivity contribution in [2.24, 2.45) is 5.73 Å². The van der Waals surface area contributed by atoms with Gasteiger partial charge >= 0.3 is 13.6 Å². The van der Waals surface area contributed by atoms with Gasteiger partial charge in [0.25, 0.3) is 0 Å². The zero-order valence-electron chi connectivity index (χ0n) is 7.89. The highest BCUT2D eigenvalue weighted by molar-refractivity contribution is 7.59. The minimum atomic E-state index is -4.51. The number of carbonyl (C=O) groups is 1. The van der Waals surface area contributed by atoms with Gasteiger partial charge in [-0.05, 0) is 0 Å². The lowest BCUT2D eigenvalue weighted by Crippen LogP contribution is -2.33. The molecule has 1 rings (SSSR count). The highest BCUT2D eigenvalue weighted by Crippen LogP contribution is 2.31. The van der Waals surface area contributed by atoms with Crippen LogP contribution in [0.25, 0.3) is 0 Å².